The minimum atomic E-state index is 0.293. The zero-order valence-corrected chi connectivity index (χ0v) is 16.3. The van der Waals surface area contributed by atoms with Crippen LogP contribution in [0.25, 0.3) is 0 Å². The Bertz CT molecular complexity index is 822. The molecule has 2 aromatic rings. The molecule has 1 unspecified atom stereocenters. The molecule has 0 fully saturated rings. The third-order valence-electron chi connectivity index (χ3n) is 4.99. The molecular formula is C23H27N3O. The van der Waals surface area contributed by atoms with Crippen molar-refractivity contribution >= 4 is 6.21 Å². The van der Waals surface area contributed by atoms with Crippen molar-refractivity contribution in [2.24, 2.45) is 4.99 Å². The van der Waals surface area contributed by atoms with Gasteiger partial charge >= 0.3 is 0 Å². The summed E-state index contributed by atoms with van der Waals surface area (Å²) >= 11 is 0. The summed E-state index contributed by atoms with van der Waals surface area (Å²) in [6.45, 7) is 3.86. The molecule has 0 spiro atoms. The topological polar surface area (TPSA) is 37.7 Å². The second-order valence-corrected chi connectivity index (χ2v) is 6.64. The number of allylic oxidation sites excluding steroid dienone is 2. The van der Waals surface area contributed by atoms with E-state index in [2.05, 4.69) is 52.2 Å². The second kappa shape index (κ2) is 9.28. The van der Waals surface area contributed by atoms with Crippen LogP contribution >= 0.6 is 0 Å². The molecule has 0 N–H and O–H groups in total. The van der Waals surface area contributed by atoms with Gasteiger partial charge in [0.25, 0.3) is 0 Å². The van der Waals surface area contributed by atoms with E-state index >= 15 is 0 Å². The van der Waals surface area contributed by atoms with Crippen LogP contribution in [0.1, 0.15) is 30.5 Å². The summed E-state index contributed by atoms with van der Waals surface area (Å²) < 4.78 is 5.28. The Balaban J connectivity index is 1.87. The molecule has 4 nitrogen and oxygen atoms in total. The van der Waals surface area contributed by atoms with Gasteiger partial charge in [-0.1, -0.05) is 30.4 Å². The van der Waals surface area contributed by atoms with E-state index in [9.17, 15) is 0 Å². The molecule has 1 aromatic carbocycles. The molecular weight excluding hydrogens is 334 g/mol. The lowest BCUT2D eigenvalue weighted by Gasteiger charge is -2.36. The Morgan fingerprint density at radius 1 is 1.30 bits per heavy atom. The van der Waals surface area contributed by atoms with Crippen LogP contribution in [0.15, 0.2) is 77.1 Å². The summed E-state index contributed by atoms with van der Waals surface area (Å²) in [6, 6.07) is 12.8. The maximum atomic E-state index is 5.28. The normalized spacial score (nSPS) is 18.6. The van der Waals surface area contributed by atoms with Gasteiger partial charge in [0, 0.05) is 44.8 Å². The first-order valence-corrected chi connectivity index (χ1v) is 9.30. The van der Waals surface area contributed by atoms with E-state index in [0.29, 0.717) is 6.04 Å². The molecule has 1 aliphatic rings. The second-order valence-electron chi connectivity index (χ2n) is 6.64. The Kier molecular flexibility index (Phi) is 6.55. The SMILES string of the molecule is C/C=C(\C=NC)C1=CCN(Cc2ccc(OC)cc2)C(c2cccnc2)C1. The van der Waals surface area contributed by atoms with E-state index in [0.717, 1.165) is 25.3 Å². The van der Waals surface area contributed by atoms with Crippen molar-refractivity contribution < 1.29 is 4.74 Å². The van der Waals surface area contributed by atoms with Gasteiger partial charge in [-0.25, -0.2) is 0 Å². The van der Waals surface area contributed by atoms with Crippen LogP contribution in [0.5, 0.6) is 5.75 Å². The van der Waals surface area contributed by atoms with Crippen LogP contribution in [-0.2, 0) is 6.54 Å². The summed E-state index contributed by atoms with van der Waals surface area (Å²) in [4.78, 5) is 11.1. The maximum absolute atomic E-state index is 5.28. The molecule has 140 valence electrons. The molecule has 2 heterocycles. The molecule has 0 radical (unpaired) electrons. The highest BCUT2D eigenvalue weighted by atomic mass is 16.5. The zero-order chi connectivity index (χ0) is 19.1. The number of methoxy groups -OCH3 is 1. The van der Waals surface area contributed by atoms with Gasteiger partial charge in [-0.2, -0.15) is 0 Å². The molecule has 0 bridgehead atoms. The van der Waals surface area contributed by atoms with Crippen LogP contribution in [0.3, 0.4) is 0 Å². The van der Waals surface area contributed by atoms with Crippen molar-refractivity contribution in [1.29, 1.82) is 0 Å². The van der Waals surface area contributed by atoms with Crippen LogP contribution in [0, 0.1) is 0 Å². The number of ether oxygens (including phenoxy) is 1. The number of rotatable bonds is 6. The molecule has 0 saturated heterocycles. The predicted octanol–water partition coefficient (Wildman–Crippen LogP) is 4.61. The lowest BCUT2D eigenvalue weighted by Crippen LogP contribution is -2.32. The lowest BCUT2D eigenvalue weighted by molar-refractivity contribution is 0.197. The standard InChI is InChI=1S/C23H27N3O/c1-4-19(15-24-2)20-11-13-26(17-18-7-9-22(27-3)10-8-18)23(14-20)21-6-5-12-25-16-21/h4-12,15-16,23H,13-14,17H2,1-3H3/b19-4+,24-15?. The van der Waals surface area contributed by atoms with Gasteiger partial charge in [0.15, 0.2) is 0 Å². The Morgan fingerprint density at radius 3 is 2.74 bits per heavy atom. The molecule has 3 rings (SSSR count). The van der Waals surface area contributed by atoms with Gasteiger partial charge in [0.2, 0.25) is 0 Å². The fourth-order valence-electron chi connectivity index (χ4n) is 3.54. The van der Waals surface area contributed by atoms with Crippen molar-refractivity contribution in [2.75, 3.05) is 20.7 Å². The molecule has 1 aliphatic heterocycles. The number of pyridine rings is 1. The third kappa shape index (κ3) is 4.72. The number of nitrogens with zero attached hydrogens (tertiary/aromatic N) is 3. The molecule has 0 amide bonds. The average molecular weight is 361 g/mol. The number of benzene rings is 1. The summed E-state index contributed by atoms with van der Waals surface area (Å²) in [5.74, 6) is 0.889. The van der Waals surface area contributed by atoms with Gasteiger partial charge in [-0.05, 0) is 53.8 Å². The first kappa shape index (κ1) is 19.1. The smallest absolute Gasteiger partial charge is 0.118 e. The Morgan fingerprint density at radius 2 is 2.11 bits per heavy atom. The van der Waals surface area contributed by atoms with Crippen LogP contribution in [-0.4, -0.2) is 36.8 Å². The third-order valence-corrected chi connectivity index (χ3v) is 4.99. The van der Waals surface area contributed by atoms with Crippen LogP contribution in [0.4, 0.5) is 0 Å². The Hall–Kier alpha value is -2.72. The molecule has 0 aliphatic carbocycles. The highest BCUT2D eigenvalue weighted by molar-refractivity contribution is 5.84. The van der Waals surface area contributed by atoms with Crippen molar-refractivity contribution in [3.8, 4) is 5.75 Å². The van der Waals surface area contributed by atoms with Gasteiger partial charge in [0.1, 0.15) is 5.75 Å². The lowest BCUT2D eigenvalue weighted by atomic mass is 9.90. The van der Waals surface area contributed by atoms with E-state index in [-0.39, 0.29) is 0 Å². The van der Waals surface area contributed by atoms with Crippen molar-refractivity contribution in [3.05, 3.63) is 83.2 Å². The Labute approximate surface area is 161 Å². The van der Waals surface area contributed by atoms with E-state index in [1.54, 1.807) is 7.11 Å². The monoisotopic (exact) mass is 361 g/mol. The summed E-state index contributed by atoms with van der Waals surface area (Å²) in [5.41, 5.74) is 5.09. The van der Waals surface area contributed by atoms with Crippen LogP contribution in [0.2, 0.25) is 0 Å². The maximum Gasteiger partial charge on any atom is 0.118 e. The summed E-state index contributed by atoms with van der Waals surface area (Å²) in [5, 5.41) is 0. The molecule has 1 aromatic heterocycles. The minimum absolute atomic E-state index is 0.293. The average Bonchev–Trinajstić information content (AvgIpc) is 2.73. The minimum Gasteiger partial charge on any atom is -0.497 e. The van der Waals surface area contributed by atoms with Crippen LogP contribution < -0.4 is 4.74 Å². The van der Waals surface area contributed by atoms with E-state index in [4.69, 9.17) is 4.74 Å². The zero-order valence-electron chi connectivity index (χ0n) is 16.3. The van der Waals surface area contributed by atoms with E-state index in [1.165, 1.54) is 22.3 Å². The van der Waals surface area contributed by atoms with Gasteiger partial charge < -0.3 is 4.74 Å². The molecule has 27 heavy (non-hydrogen) atoms. The number of aliphatic imine (C=N–C) groups is 1. The summed E-state index contributed by atoms with van der Waals surface area (Å²) in [7, 11) is 3.52. The highest BCUT2D eigenvalue weighted by Gasteiger charge is 2.26. The van der Waals surface area contributed by atoms with Gasteiger partial charge in [0.05, 0.1) is 7.11 Å². The fraction of sp³-hybridized carbons (Fsp3) is 0.304. The predicted molar refractivity (Wildman–Crippen MR) is 111 cm³/mol. The first-order valence-electron chi connectivity index (χ1n) is 9.30. The van der Waals surface area contributed by atoms with Crippen molar-refractivity contribution in [2.45, 2.75) is 25.9 Å². The first-order chi connectivity index (χ1) is 13.2. The molecule has 4 heteroatoms. The molecule has 0 saturated carbocycles. The number of aromatic nitrogens is 1. The number of hydrogen-bond donors (Lipinski definition) is 0. The van der Waals surface area contributed by atoms with E-state index < -0.39 is 0 Å². The quantitative estimate of drug-likeness (QED) is 0.705. The number of hydrogen-bond acceptors (Lipinski definition) is 4. The van der Waals surface area contributed by atoms with Gasteiger partial charge in [-0.15, -0.1) is 0 Å². The van der Waals surface area contributed by atoms with Crippen molar-refractivity contribution in [3.63, 3.8) is 0 Å². The van der Waals surface area contributed by atoms with Crippen molar-refractivity contribution in [1.82, 2.24) is 9.88 Å². The highest BCUT2D eigenvalue weighted by Crippen LogP contribution is 2.34. The fourth-order valence-corrected chi connectivity index (χ4v) is 3.54. The summed E-state index contributed by atoms with van der Waals surface area (Å²) in [6.07, 6.45) is 11.2. The molecule has 1 atom stereocenters. The van der Waals surface area contributed by atoms with E-state index in [1.807, 2.05) is 43.9 Å². The largest absolute Gasteiger partial charge is 0.497 e. The van der Waals surface area contributed by atoms with Gasteiger partial charge in [-0.3, -0.25) is 14.9 Å².